The van der Waals surface area contributed by atoms with Crippen LogP contribution in [0.25, 0.3) is 17.4 Å². The van der Waals surface area contributed by atoms with Crippen molar-refractivity contribution in [3.05, 3.63) is 64.4 Å². The molecule has 0 N–H and O–H groups in total. The Morgan fingerprint density at radius 1 is 1.09 bits per heavy atom. The van der Waals surface area contributed by atoms with E-state index in [0.29, 0.717) is 22.7 Å². The Balaban J connectivity index is 1.91. The van der Waals surface area contributed by atoms with Crippen molar-refractivity contribution in [2.24, 2.45) is 5.92 Å². The first-order valence-electron chi connectivity index (χ1n) is 10.7. The number of furan rings is 1. The molecule has 0 atom stereocenters. The monoisotopic (exact) mass is 446 g/mol. The summed E-state index contributed by atoms with van der Waals surface area (Å²) in [6, 6.07) is 12.2. The Morgan fingerprint density at radius 2 is 1.76 bits per heavy atom. The highest BCUT2D eigenvalue weighted by Gasteiger charge is 2.35. The molecule has 170 valence electrons. The highest BCUT2D eigenvalue weighted by atomic mass is 16.5. The molecule has 1 aliphatic rings. The maximum atomic E-state index is 13.0. The van der Waals surface area contributed by atoms with Crippen molar-refractivity contribution < 1.29 is 23.5 Å². The molecule has 1 aromatic carbocycles. The molecule has 0 radical (unpaired) electrons. The van der Waals surface area contributed by atoms with E-state index in [1.165, 1.54) is 0 Å². The van der Waals surface area contributed by atoms with Crippen LogP contribution in [0.4, 0.5) is 0 Å². The van der Waals surface area contributed by atoms with Crippen LogP contribution in [0.3, 0.4) is 0 Å². The molecule has 0 bridgehead atoms. The van der Waals surface area contributed by atoms with Gasteiger partial charge in [-0.1, -0.05) is 26.0 Å². The summed E-state index contributed by atoms with van der Waals surface area (Å²) in [5.41, 5.74) is 1.72. The molecule has 0 unspecified atom stereocenters. The number of rotatable bonds is 6. The number of carbonyl (C=O) groups excluding carboxylic acids is 3. The second-order valence-electron chi connectivity index (χ2n) is 8.52. The van der Waals surface area contributed by atoms with E-state index in [1.54, 1.807) is 63.2 Å². The molecule has 2 amide bonds. The molecular formula is C26H26N2O5. The van der Waals surface area contributed by atoms with Gasteiger partial charge in [-0.05, 0) is 62.6 Å². The van der Waals surface area contributed by atoms with Crippen LogP contribution < -0.4 is 0 Å². The average Bonchev–Trinajstić information content (AvgIpc) is 3.23. The third-order valence-electron chi connectivity index (χ3n) is 5.03. The fourth-order valence-corrected chi connectivity index (χ4v) is 3.44. The second-order valence-corrected chi connectivity index (χ2v) is 8.52. The molecule has 0 fully saturated rings. The molecule has 7 heteroatoms. The van der Waals surface area contributed by atoms with Crippen molar-refractivity contribution in [3.63, 3.8) is 0 Å². The molecule has 0 spiro atoms. The lowest BCUT2D eigenvalue weighted by Gasteiger charge is -2.28. The topological polar surface area (TPSA) is 101 Å². The van der Waals surface area contributed by atoms with Gasteiger partial charge in [0.2, 0.25) is 0 Å². The quantitative estimate of drug-likeness (QED) is 0.360. The van der Waals surface area contributed by atoms with Crippen LogP contribution in [0, 0.1) is 17.2 Å². The highest BCUT2D eigenvalue weighted by Crippen LogP contribution is 2.29. The summed E-state index contributed by atoms with van der Waals surface area (Å²) in [4.78, 5) is 38.7. The fourth-order valence-electron chi connectivity index (χ4n) is 3.44. The molecule has 2 aromatic rings. The molecule has 1 aliphatic heterocycles. The van der Waals surface area contributed by atoms with E-state index in [1.807, 2.05) is 19.9 Å². The van der Waals surface area contributed by atoms with Crippen LogP contribution in [0.15, 0.2) is 57.5 Å². The van der Waals surface area contributed by atoms with Crippen molar-refractivity contribution in [1.29, 1.82) is 5.26 Å². The predicted molar refractivity (Wildman–Crippen MR) is 123 cm³/mol. The number of ether oxygens (including phenoxy) is 1. The van der Waals surface area contributed by atoms with Crippen molar-refractivity contribution in [2.45, 2.75) is 40.7 Å². The maximum Gasteiger partial charge on any atom is 0.338 e. The molecule has 0 saturated heterocycles. The Bertz CT molecular complexity index is 1190. The smallest absolute Gasteiger partial charge is 0.338 e. The van der Waals surface area contributed by atoms with Gasteiger partial charge in [0.05, 0.1) is 11.7 Å². The minimum atomic E-state index is -0.568. The van der Waals surface area contributed by atoms with Gasteiger partial charge < -0.3 is 9.15 Å². The standard InChI is InChI=1S/C26H26N2O5/c1-15(2)14-28-24(29)21(17(5)22(13-27)25(28)30)12-20-10-11-23(33-20)18-6-8-19(9-7-18)26(31)32-16(3)4/h6-12,15-16H,14H2,1-5H3/b21-12+. The van der Waals surface area contributed by atoms with E-state index >= 15 is 0 Å². The summed E-state index contributed by atoms with van der Waals surface area (Å²) < 4.78 is 11.1. The number of nitriles is 1. The number of hydrogen-bond donors (Lipinski definition) is 0. The van der Waals surface area contributed by atoms with Crippen LogP contribution in [-0.2, 0) is 14.3 Å². The van der Waals surface area contributed by atoms with Crippen LogP contribution in [0.5, 0.6) is 0 Å². The maximum absolute atomic E-state index is 13.0. The summed E-state index contributed by atoms with van der Waals surface area (Å²) in [5.74, 6) is -0.390. The van der Waals surface area contributed by atoms with Gasteiger partial charge in [-0.25, -0.2) is 4.79 Å². The van der Waals surface area contributed by atoms with Gasteiger partial charge >= 0.3 is 5.97 Å². The molecule has 7 nitrogen and oxygen atoms in total. The zero-order valence-electron chi connectivity index (χ0n) is 19.3. The minimum absolute atomic E-state index is 0.0443. The molecule has 33 heavy (non-hydrogen) atoms. The molecule has 0 aliphatic carbocycles. The molecule has 3 rings (SSSR count). The summed E-state index contributed by atoms with van der Waals surface area (Å²) in [7, 11) is 0. The fraction of sp³-hybridized carbons (Fsp3) is 0.308. The first-order valence-corrected chi connectivity index (χ1v) is 10.7. The van der Waals surface area contributed by atoms with Gasteiger partial charge in [0.1, 0.15) is 23.2 Å². The third-order valence-corrected chi connectivity index (χ3v) is 5.03. The van der Waals surface area contributed by atoms with Crippen LogP contribution >= 0.6 is 0 Å². The van der Waals surface area contributed by atoms with Gasteiger partial charge in [-0.2, -0.15) is 5.26 Å². The Hall–Kier alpha value is -3.92. The van der Waals surface area contributed by atoms with Crippen molar-refractivity contribution in [3.8, 4) is 17.4 Å². The second kappa shape index (κ2) is 9.70. The van der Waals surface area contributed by atoms with Gasteiger partial charge in [0, 0.05) is 17.7 Å². The van der Waals surface area contributed by atoms with E-state index in [2.05, 4.69) is 0 Å². The molecule has 0 saturated carbocycles. The van der Waals surface area contributed by atoms with Crippen molar-refractivity contribution >= 4 is 23.9 Å². The van der Waals surface area contributed by atoms with E-state index in [-0.39, 0.29) is 29.7 Å². The Labute approximate surface area is 192 Å². The van der Waals surface area contributed by atoms with Gasteiger partial charge in [0.15, 0.2) is 0 Å². The van der Waals surface area contributed by atoms with E-state index in [9.17, 15) is 19.6 Å². The lowest BCUT2D eigenvalue weighted by molar-refractivity contribution is -0.141. The van der Waals surface area contributed by atoms with Crippen LogP contribution in [0.2, 0.25) is 0 Å². The summed E-state index contributed by atoms with van der Waals surface area (Å²) >= 11 is 0. The lowest BCUT2D eigenvalue weighted by Crippen LogP contribution is -2.44. The number of carbonyl (C=O) groups is 3. The van der Waals surface area contributed by atoms with Crippen molar-refractivity contribution in [2.75, 3.05) is 6.54 Å². The lowest BCUT2D eigenvalue weighted by atomic mass is 9.94. The van der Waals surface area contributed by atoms with E-state index < -0.39 is 17.8 Å². The Morgan fingerprint density at radius 3 is 2.33 bits per heavy atom. The van der Waals surface area contributed by atoms with Crippen LogP contribution in [-0.4, -0.2) is 35.3 Å². The minimum Gasteiger partial charge on any atom is -0.459 e. The summed E-state index contributed by atoms with van der Waals surface area (Å²) in [6.45, 7) is 9.18. The largest absolute Gasteiger partial charge is 0.459 e. The zero-order chi connectivity index (χ0) is 24.3. The molecular weight excluding hydrogens is 420 g/mol. The van der Waals surface area contributed by atoms with Gasteiger partial charge in [0.25, 0.3) is 11.8 Å². The number of esters is 1. The van der Waals surface area contributed by atoms with Crippen LogP contribution in [0.1, 0.15) is 50.7 Å². The zero-order valence-corrected chi connectivity index (χ0v) is 19.3. The third kappa shape index (κ3) is 5.12. The first-order chi connectivity index (χ1) is 15.6. The number of amides is 2. The predicted octanol–water partition coefficient (Wildman–Crippen LogP) is 4.76. The normalized spacial score (nSPS) is 15.6. The van der Waals surface area contributed by atoms with Gasteiger partial charge in [-0.15, -0.1) is 0 Å². The number of nitrogens with zero attached hydrogens (tertiary/aromatic N) is 2. The van der Waals surface area contributed by atoms with E-state index in [4.69, 9.17) is 9.15 Å². The average molecular weight is 447 g/mol. The summed E-state index contributed by atoms with van der Waals surface area (Å²) in [5, 5.41) is 9.47. The highest BCUT2D eigenvalue weighted by molar-refractivity contribution is 6.19. The van der Waals surface area contributed by atoms with Gasteiger partial charge in [-0.3, -0.25) is 14.5 Å². The SMILES string of the molecule is CC1=C(C#N)C(=O)N(CC(C)C)C(=O)/C1=C/c1ccc(-c2ccc(C(=O)OC(C)C)cc2)o1. The Kier molecular flexibility index (Phi) is 6.98. The summed E-state index contributed by atoms with van der Waals surface area (Å²) in [6.07, 6.45) is 1.35. The molecule has 2 heterocycles. The first kappa shape index (κ1) is 23.7. The van der Waals surface area contributed by atoms with Crippen molar-refractivity contribution in [1.82, 2.24) is 4.90 Å². The molecule has 1 aromatic heterocycles. The number of hydrogen-bond acceptors (Lipinski definition) is 6. The number of imide groups is 1. The van der Waals surface area contributed by atoms with E-state index in [0.717, 1.165) is 10.5 Å². The number of benzene rings is 1.